The molecule has 0 spiro atoms. The Morgan fingerprint density at radius 2 is 2.14 bits per heavy atom. The first-order chi connectivity index (χ1) is 9.98. The van der Waals surface area contributed by atoms with Crippen LogP contribution >= 0.6 is 22.7 Å². The molecule has 1 unspecified atom stereocenters. The van der Waals surface area contributed by atoms with Crippen molar-refractivity contribution in [2.75, 3.05) is 6.54 Å². The summed E-state index contributed by atoms with van der Waals surface area (Å²) >= 11 is 2.90. The van der Waals surface area contributed by atoms with Gasteiger partial charge in [-0.25, -0.2) is 13.4 Å². The third-order valence-corrected chi connectivity index (χ3v) is 8.12. The lowest BCUT2D eigenvalue weighted by molar-refractivity contribution is 0.269. The zero-order chi connectivity index (χ0) is 15.0. The van der Waals surface area contributed by atoms with E-state index < -0.39 is 10.0 Å². The quantitative estimate of drug-likeness (QED) is 0.854. The molecule has 4 nitrogen and oxygen atoms in total. The molecule has 1 aliphatic heterocycles. The highest BCUT2D eigenvalue weighted by Gasteiger charge is 2.32. The van der Waals surface area contributed by atoms with Crippen molar-refractivity contribution >= 4 is 32.7 Å². The van der Waals surface area contributed by atoms with E-state index in [1.54, 1.807) is 21.7 Å². The molecule has 1 fully saturated rings. The Morgan fingerprint density at radius 1 is 1.33 bits per heavy atom. The number of thiophene rings is 1. The fourth-order valence-corrected chi connectivity index (χ4v) is 6.40. The van der Waals surface area contributed by atoms with E-state index in [9.17, 15) is 8.42 Å². The van der Waals surface area contributed by atoms with Gasteiger partial charge in [0.15, 0.2) is 0 Å². The van der Waals surface area contributed by atoms with Crippen molar-refractivity contribution in [1.29, 1.82) is 0 Å². The smallest absolute Gasteiger partial charge is 0.241 e. The number of rotatable bonds is 3. The van der Waals surface area contributed by atoms with Gasteiger partial charge in [-0.2, -0.15) is 4.31 Å². The summed E-state index contributed by atoms with van der Waals surface area (Å²) in [7, 11) is -3.36. The highest BCUT2D eigenvalue weighted by atomic mass is 32.2. The van der Waals surface area contributed by atoms with Crippen molar-refractivity contribution in [2.24, 2.45) is 0 Å². The summed E-state index contributed by atoms with van der Waals surface area (Å²) in [6, 6.07) is 3.67. The summed E-state index contributed by atoms with van der Waals surface area (Å²) in [5, 5.41) is 2.97. The topological polar surface area (TPSA) is 50.3 Å². The minimum atomic E-state index is -3.36. The van der Waals surface area contributed by atoms with Crippen LogP contribution in [0.15, 0.2) is 21.7 Å². The molecule has 3 rings (SSSR count). The SMILES string of the molecule is Cc1nc(-c2ccc(S(=O)(=O)N3CCCCC3C)s2)cs1. The Bertz CT molecular complexity index is 733. The number of aryl methyl sites for hydroxylation is 1. The van der Waals surface area contributed by atoms with E-state index in [-0.39, 0.29) is 6.04 Å². The number of hydrogen-bond acceptors (Lipinski definition) is 5. The van der Waals surface area contributed by atoms with Crippen molar-refractivity contribution in [3.05, 3.63) is 22.5 Å². The lowest BCUT2D eigenvalue weighted by Crippen LogP contribution is -2.41. The molecule has 21 heavy (non-hydrogen) atoms. The molecule has 0 aliphatic carbocycles. The zero-order valence-corrected chi connectivity index (χ0v) is 14.5. The number of aromatic nitrogens is 1. The van der Waals surface area contributed by atoms with Crippen LogP contribution in [0, 0.1) is 6.92 Å². The normalized spacial score (nSPS) is 20.8. The average molecular weight is 343 g/mol. The monoisotopic (exact) mass is 342 g/mol. The fraction of sp³-hybridized carbons (Fsp3) is 0.500. The molecule has 0 bridgehead atoms. The summed E-state index contributed by atoms with van der Waals surface area (Å²) < 4.78 is 27.6. The van der Waals surface area contributed by atoms with Crippen LogP contribution in [0.4, 0.5) is 0 Å². The molecule has 0 saturated carbocycles. The van der Waals surface area contributed by atoms with Gasteiger partial charge in [-0.05, 0) is 38.8 Å². The number of nitrogens with zero attached hydrogens (tertiary/aromatic N) is 2. The summed E-state index contributed by atoms with van der Waals surface area (Å²) in [5.74, 6) is 0. The van der Waals surface area contributed by atoms with E-state index in [1.807, 2.05) is 25.3 Å². The first-order valence-corrected chi connectivity index (χ1v) is 10.2. The minimum Gasteiger partial charge on any atom is -0.241 e. The van der Waals surface area contributed by atoms with Crippen LogP contribution in [0.3, 0.4) is 0 Å². The summed E-state index contributed by atoms with van der Waals surface area (Å²) in [6.07, 6.45) is 3.01. The largest absolute Gasteiger partial charge is 0.252 e. The van der Waals surface area contributed by atoms with Gasteiger partial charge in [0.05, 0.1) is 15.6 Å². The van der Waals surface area contributed by atoms with E-state index in [0.717, 1.165) is 34.8 Å². The van der Waals surface area contributed by atoms with Crippen molar-refractivity contribution in [3.8, 4) is 10.6 Å². The lowest BCUT2D eigenvalue weighted by atomic mass is 10.1. The van der Waals surface area contributed by atoms with E-state index in [4.69, 9.17) is 0 Å². The maximum Gasteiger partial charge on any atom is 0.252 e. The van der Waals surface area contributed by atoms with Crippen LogP contribution in [0.25, 0.3) is 10.6 Å². The predicted molar refractivity (Wildman–Crippen MR) is 87.4 cm³/mol. The Hall–Kier alpha value is -0.760. The van der Waals surface area contributed by atoms with Gasteiger partial charge in [0.25, 0.3) is 10.0 Å². The standard InChI is InChI=1S/C14H18N2O2S3/c1-10-5-3-4-8-16(10)21(17,18)14-7-6-13(20-14)12-9-19-11(2)15-12/h6-7,9-10H,3-5,8H2,1-2H3. The minimum absolute atomic E-state index is 0.0933. The maximum absolute atomic E-state index is 12.8. The molecule has 2 aromatic heterocycles. The van der Waals surface area contributed by atoms with Gasteiger partial charge in [-0.1, -0.05) is 6.42 Å². The summed E-state index contributed by atoms with van der Waals surface area (Å²) in [5.41, 5.74) is 0.871. The van der Waals surface area contributed by atoms with Gasteiger partial charge in [0.1, 0.15) is 4.21 Å². The molecule has 7 heteroatoms. The number of hydrogen-bond donors (Lipinski definition) is 0. The molecule has 1 atom stereocenters. The molecule has 0 radical (unpaired) electrons. The predicted octanol–water partition coefficient (Wildman–Crippen LogP) is 3.74. The lowest BCUT2D eigenvalue weighted by Gasteiger charge is -2.31. The Balaban J connectivity index is 1.91. The van der Waals surface area contributed by atoms with Gasteiger partial charge in [-0.15, -0.1) is 22.7 Å². The Kier molecular flexibility index (Phi) is 4.18. The second kappa shape index (κ2) is 5.79. The van der Waals surface area contributed by atoms with Crippen LogP contribution in [-0.2, 0) is 10.0 Å². The molecule has 1 saturated heterocycles. The number of sulfonamides is 1. The van der Waals surface area contributed by atoms with E-state index >= 15 is 0 Å². The summed E-state index contributed by atoms with van der Waals surface area (Å²) in [6.45, 7) is 4.58. The van der Waals surface area contributed by atoms with Crippen LogP contribution in [0.2, 0.25) is 0 Å². The molecule has 2 aromatic rings. The molecule has 0 amide bonds. The van der Waals surface area contributed by atoms with Gasteiger partial charge in [0, 0.05) is 18.0 Å². The highest BCUT2D eigenvalue weighted by Crippen LogP contribution is 2.34. The van der Waals surface area contributed by atoms with Gasteiger partial charge in [0.2, 0.25) is 0 Å². The molecule has 3 heterocycles. The van der Waals surface area contributed by atoms with E-state index in [1.165, 1.54) is 11.3 Å². The molecule has 1 aliphatic rings. The van der Waals surface area contributed by atoms with Gasteiger partial charge in [-0.3, -0.25) is 0 Å². The molecular formula is C14H18N2O2S3. The van der Waals surface area contributed by atoms with E-state index in [0.29, 0.717) is 10.8 Å². The zero-order valence-electron chi connectivity index (χ0n) is 12.1. The van der Waals surface area contributed by atoms with Crippen LogP contribution < -0.4 is 0 Å². The van der Waals surface area contributed by atoms with Crippen molar-refractivity contribution in [2.45, 2.75) is 43.4 Å². The molecular weight excluding hydrogens is 324 g/mol. The second-order valence-electron chi connectivity index (χ2n) is 5.33. The van der Waals surface area contributed by atoms with Crippen LogP contribution in [-0.4, -0.2) is 30.3 Å². The highest BCUT2D eigenvalue weighted by molar-refractivity contribution is 7.91. The van der Waals surface area contributed by atoms with Crippen molar-refractivity contribution in [1.82, 2.24) is 9.29 Å². The first kappa shape index (κ1) is 15.1. The van der Waals surface area contributed by atoms with Crippen LogP contribution in [0.5, 0.6) is 0 Å². The third kappa shape index (κ3) is 2.92. The van der Waals surface area contributed by atoms with Crippen LogP contribution in [0.1, 0.15) is 31.2 Å². The number of thiazole rings is 1. The van der Waals surface area contributed by atoms with E-state index in [2.05, 4.69) is 4.98 Å². The molecule has 114 valence electrons. The molecule has 0 aromatic carbocycles. The Labute approximate surface area is 133 Å². The number of piperidine rings is 1. The van der Waals surface area contributed by atoms with Crippen molar-refractivity contribution in [3.63, 3.8) is 0 Å². The first-order valence-electron chi connectivity index (χ1n) is 7.02. The molecule has 0 N–H and O–H groups in total. The third-order valence-electron chi connectivity index (χ3n) is 3.76. The van der Waals surface area contributed by atoms with Crippen molar-refractivity contribution < 1.29 is 8.42 Å². The summed E-state index contributed by atoms with van der Waals surface area (Å²) in [4.78, 5) is 5.34. The second-order valence-corrected chi connectivity index (χ2v) is 9.59. The fourth-order valence-electron chi connectivity index (χ4n) is 2.62. The Morgan fingerprint density at radius 3 is 2.81 bits per heavy atom. The average Bonchev–Trinajstić information content (AvgIpc) is 3.07. The maximum atomic E-state index is 12.8. The van der Waals surface area contributed by atoms with Gasteiger partial charge >= 0.3 is 0 Å². The van der Waals surface area contributed by atoms with Gasteiger partial charge < -0.3 is 0 Å².